The van der Waals surface area contributed by atoms with Crippen LogP contribution in [0.5, 0.6) is 0 Å². The average Bonchev–Trinajstić information content (AvgIpc) is 2.80. The molecule has 3 aromatic rings. The molecule has 0 aliphatic rings. The fraction of sp³-hybridized carbons (Fsp3) is 0.143. The van der Waals surface area contributed by atoms with Crippen molar-refractivity contribution in [3.63, 3.8) is 0 Å². The zero-order chi connectivity index (χ0) is 16.1. The lowest BCUT2D eigenvalue weighted by Crippen LogP contribution is -2.15. The van der Waals surface area contributed by atoms with Crippen molar-refractivity contribution in [1.29, 1.82) is 0 Å². The SMILES string of the molecule is Cc1cc2nc(C(F)(F)F)c(-c3ccc(F)cc3)c(N)n2n1. The Bertz CT molecular complexity index is 850. The van der Waals surface area contributed by atoms with Gasteiger partial charge in [-0.1, -0.05) is 12.1 Å². The van der Waals surface area contributed by atoms with Crippen molar-refractivity contribution in [1.82, 2.24) is 14.6 Å². The van der Waals surface area contributed by atoms with E-state index in [1.54, 1.807) is 6.92 Å². The van der Waals surface area contributed by atoms with Gasteiger partial charge in [-0.3, -0.25) is 0 Å². The van der Waals surface area contributed by atoms with Gasteiger partial charge < -0.3 is 5.73 Å². The number of alkyl halides is 3. The lowest BCUT2D eigenvalue weighted by Gasteiger charge is -2.15. The molecular formula is C14H10F4N4. The highest BCUT2D eigenvalue weighted by molar-refractivity contribution is 5.78. The fourth-order valence-corrected chi connectivity index (χ4v) is 2.25. The van der Waals surface area contributed by atoms with Crippen LogP contribution in [0.4, 0.5) is 23.4 Å². The first-order chi connectivity index (χ1) is 10.3. The summed E-state index contributed by atoms with van der Waals surface area (Å²) in [5.74, 6) is -0.753. The fourth-order valence-electron chi connectivity index (χ4n) is 2.25. The van der Waals surface area contributed by atoms with E-state index in [9.17, 15) is 17.6 Å². The van der Waals surface area contributed by atoms with E-state index in [2.05, 4.69) is 10.1 Å². The Kier molecular flexibility index (Phi) is 3.05. The number of nitrogen functional groups attached to an aromatic ring is 1. The molecule has 2 aromatic heterocycles. The number of halogens is 4. The van der Waals surface area contributed by atoms with Crippen LogP contribution in [0.3, 0.4) is 0 Å². The van der Waals surface area contributed by atoms with Crippen LogP contribution in [0.1, 0.15) is 11.4 Å². The molecular weight excluding hydrogens is 300 g/mol. The van der Waals surface area contributed by atoms with Crippen molar-refractivity contribution < 1.29 is 17.6 Å². The van der Waals surface area contributed by atoms with Gasteiger partial charge in [-0.2, -0.15) is 22.8 Å². The lowest BCUT2D eigenvalue weighted by molar-refractivity contribution is -0.140. The van der Waals surface area contributed by atoms with Gasteiger partial charge in [0.1, 0.15) is 11.6 Å². The minimum Gasteiger partial charge on any atom is -0.383 e. The van der Waals surface area contributed by atoms with Gasteiger partial charge in [0.05, 0.1) is 11.3 Å². The molecule has 0 aliphatic heterocycles. The topological polar surface area (TPSA) is 56.2 Å². The summed E-state index contributed by atoms with van der Waals surface area (Å²) < 4.78 is 54.1. The van der Waals surface area contributed by atoms with Crippen molar-refractivity contribution in [3.05, 3.63) is 47.5 Å². The summed E-state index contributed by atoms with van der Waals surface area (Å²) in [7, 11) is 0. The molecule has 2 N–H and O–H groups in total. The monoisotopic (exact) mass is 310 g/mol. The molecule has 2 heterocycles. The molecule has 0 atom stereocenters. The Morgan fingerprint density at radius 1 is 1.14 bits per heavy atom. The van der Waals surface area contributed by atoms with Crippen LogP contribution in [0.2, 0.25) is 0 Å². The number of hydrogen-bond acceptors (Lipinski definition) is 3. The number of aryl methyl sites for hydroxylation is 1. The highest BCUT2D eigenvalue weighted by atomic mass is 19.4. The van der Waals surface area contributed by atoms with Crippen LogP contribution in [-0.2, 0) is 6.18 Å². The van der Waals surface area contributed by atoms with Crippen LogP contribution >= 0.6 is 0 Å². The first-order valence-electron chi connectivity index (χ1n) is 6.26. The summed E-state index contributed by atoms with van der Waals surface area (Å²) in [6.45, 7) is 1.62. The van der Waals surface area contributed by atoms with Crippen LogP contribution in [-0.4, -0.2) is 14.6 Å². The number of anilines is 1. The Labute approximate surface area is 122 Å². The summed E-state index contributed by atoms with van der Waals surface area (Å²) in [5, 5.41) is 4.03. The van der Waals surface area contributed by atoms with Crippen LogP contribution in [0.25, 0.3) is 16.8 Å². The van der Waals surface area contributed by atoms with Gasteiger partial charge in [-0.25, -0.2) is 9.37 Å². The van der Waals surface area contributed by atoms with Crippen LogP contribution < -0.4 is 5.73 Å². The molecule has 3 rings (SSSR count). The summed E-state index contributed by atoms with van der Waals surface area (Å²) in [6, 6.07) is 5.97. The molecule has 0 bridgehead atoms. The van der Waals surface area contributed by atoms with Crippen LogP contribution in [0, 0.1) is 12.7 Å². The Hall–Kier alpha value is -2.64. The number of aromatic nitrogens is 3. The molecule has 8 heteroatoms. The molecule has 0 saturated heterocycles. The number of nitrogens with two attached hydrogens (primary N) is 1. The molecule has 1 aromatic carbocycles. The molecule has 0 radical (unpaired) electrons. The summed E-state index contributed by atoms with van der Waals surface area (Å²) in [5.41, 5.74) is 5.04. The van der Waals surface area contributed by atoms with E-state index in [1.165, 1.54) is 18.2 Å². The van der Waals surface area contributed by atoms with Crippen molar-refractivity contribution in [2.45, 2.75) is 13.1 Å². The van der Waals surface area contributed by atoms with Gasteiger partial charge in [0.15, 0.2) is 11.3 Å². The molecule has 22 heavy (non-hydrogen) atoms. The third kappa shape index (κ3) is 2.26. The maximum absolute atomic E-state index is 13.3. The molecule has 0 saturated carbocycles. The van der Waals surface area contributed by atoms with Gasteiger partial charge in [0.25, 0.3) is 0 Å². The lowest BCUT2D eigenvalue weighted by atomic mass is 10.0. The van der Waals surface area contributed by atoms with Crippen molar-refractivity contribution in [2.24, 2.45) is 0 Å². The largest absolute Gasteiger partial charge is 0.434 e. The smallest absolute Gasteiger partial charge is 0.383 e. The number of nitrogens with zero attached hydrogens (tertiary/aromatic N) is 3. The van der Waals surface area contributed by atoms with Crippen molar-refractivity contribution >= 4 is 11.5 Å². The van der Waals surface area contributed by atoms with Gasteiger partial charge in [0.2, 0.25) is 0 Å². The standard InChI is InChI=1S/C14H10F4N4/c1-7-6-10-20-12(14(16,17)18)11(13(19)22(10)21-7)8-2-4-9(15)5-3-8/h2-6H,19H2,1H3. The third-order valence-electron chi connectivity index (χ3n) is 3.16. The van der Waals surface area contributed by atoms with E-state index < -0.39 is 17.7 Å². The molecule has 0 unspecified atom stereocenters. The van der Waals surface area contributed by atoms with E-state index >= 15 is 0 Å². The van der Waals surface area contributed by atoms with E-state index in [4.69, 9.17) is 5.73 Å². The summed E-state index contributed by atoms with van der Waals surface area (Å²) >= 11 is 0. The molecule has 114 valence electrons. The third-order valence-corrected chi connectivity index (χ3v) is 3.16. The maximum atomic E-state index is 13.3. The second-order valence-corrected chi connectivity index (χ2v) is 4.78. The molecule has 0 amide bonds. The van der Waals surface area contributed by atoms with Gasteiger partial charge in [0, 0.05) is 6.07 Å². The second kappa shape index (κ2) is 4.69. The predicted octanol–water partition coefficient (Wildman–Crippen LogP) is 3.44. The Morgan fingerprint density at radius 3 is 2.36 bits per heavy atom. The predicted molar refractivity (Wildman–Crippen MR) is 72.5 cm³/mol. The summed E-state index contributed by atoms with van der Waals surface area (Å²) in [4.78, 5) is 3.63. The first kappa shape index (κ1) is 14.3. The highest BCUT2D eigenvalue weighted by Crippen LogP contribution is 2.39. The normalized spacial score (nSPS) is 12.0. The quantitative estimate of drug-likeness (QED) is 0.700. The van der Waals surface area contributed by atoms with Gasteiger partial charge in [-0.15, -0.1) is 0 Å². The Balaban J connectivity index is 2.39. The minimum atomic E-state index is -4.70. The highest BCUT2D eigenvalue weighted by Gasteiger charge is 2.38. The minimum absolute atomic E-state index is 0.00758. The molecule has 4 nitrogen and oxygen atoms in total. The maximum Gasteiger partial charge on any atom is 0.434 e. The number of benzene rings is 1. The van der Waals surface area contributed by atoms with E-state index in [-0.39, 0.29) is 22.6 Å². The molecule has 0 aliphatic carbocycles. The first-order valence-corrected chi connectivity index (χ1v) is 6.26. The Morgan fingerprint density at radius 2 is 1.77 bits per heavy atom. The van der Waals surface area contributed by atoms with E-state index in [0.717, 1.165) is 16.6 Å². The average molecular weight is 310 g/mol. The van der Waals surface area contributed by atoms with Crippen LogP contribution in [0.15, 0.2) is 30.3 Å². The molecule has 0 fully saturated rings. The number of hydrogen-bond donors (Lipinski definition) is 1. The number of rotatable bonds is 1. The molecule has 0 spiro atoms. The summed E-state index contributed by atoms with van der Waals surface area (Å²) in [6.07, 6.45) is -4.70. The van der Waals surface area contributed by atoms with Crippen molar-refractivity contribution in [3.8, 4) is 11.1 Å². The van der Waals surface area contributed by atoms with Gasteiger partial charge in [-0.05, 0) is 24.6 Å². The number of fused-ring (bicyclic) bond motifs is 1. The van der Waals surface area contributed by atoms with Crippen molar-refractivity contribution in [2.75, 3.05) is 5.73 Å². The van der Waals surface area contributed by atoms with E-state index in [1.807, 2.05) is 0 Å². The van der Waals surface area contributed by atoms with E-state index in [0.29, 0.717) is 5.69 Å². The zero-order valence-electron chi connectivity index (χ0n) is 11.3. The van der Waals surface area contributed by atoms with Gasteiger partial charge >= 0.3 is 6.18 Å². The zero-order valence-corrected chi connectivity index (χ0v) is 11.3. The second-order valence-electron chi connectivity index (χ2n) is 4.78.